The van der Waals surface area contributed by atoms with Crippen molar-refractivity contribution in [1.29, 1.82) is 0 Å². The highest BCUT2D eigenvalue weighted by Gasteiger charge is 2.30. The number of halogens is 3. The van der Waals surface area contributed by atoms with Crippen molar-refractivity contribution in [2.24, 2.45) is 0 Å². The molecule has 2 aromatic rings. The summed E-state index contributed by atoms with van der Waals surface area (Å²) >= 11 is 2.97. The monoisotopic (exact) mass is 304 g/mol. The molecule has 0 spiro atoms. The molecule has 0 amide bonds. The van der Waals surface area contributed by atoms with Crippen LogP contribution in [0.4, 0.5) is 13.2 Å². The predicted octanol–water partition coefficient (Wildman–Crippen LogP) is 4.72. The molecule has 0 fully saturated rings. The van der Waals surface area contributed by atoms with E-state index in [1.165, 1.54) is 35.2 Å². The van der Waals surface area contributed by atoms with Crippen molar-refractivity contribution in [3.63, 3.8) is 0 Å². The van der Waals surface area contributed by atoms with E-state index < -0.39 is 11.7 Å². The van der Waals surface area contributed by atoms with E-state index in [2.05, 4.69) is 10.2 Å². The third kappa shape index (κ3) is 3.70. The second-order valence-electron chi connectivity index (χ2n) is 3.97. The Balaban J connectivity index is 2.09. The molecule has 0 saturated carbocycles. The van der Waals surface area contributed by atoms with Gasteiger partial charge in [-0.2, -0.15) is 13.2 Å². The number of nitrogens with zero attached hydrogens (tertiary/aromatic N) is 2. The van der Waals surface area contributed by atoms with Crippen molar-refractivity contribution in [3.8, 4) is 0 Å². The third-order valence-electron chi connectivity index (χ3n) is 2.49. The molecule has 102 valence electrons. The molecule has 1 aromatic carbocycles. The number of thioether (sulfide) groups is 1. The van der Waals surface area contributed by atoms with Gasteiger partial charge in [0.25, 0.3) is 0 Å². The molecule has 0 aliphatic rings. The molecule has 19 heavy (non-hydrogen) atoms. The maximum atomic E-state index is 12.4. The van der Waals surface area contributed by atoms with E-state index >= 15 is 0 Å². The van der Waals surface area contributed by atoms with Crippen LogP contribution in [0.5, 0.6) is 0 Å². The van der Waals surface area contributed by atoms with Crippen LogP contribution < -0.4 is 0 Å². The van der Waals surface area contributed by atoms with Crippen LogP contribution in [0.3, 0.4) is 0 Å². The van der Waals surface area contributed by atoms with E-state index in [1.807, 2.05) is 13.8 Å². The van der Waals surface area contributed by atoms with Crippen LogP contribution in [-0.4, -0.2) is 10.2 Å². The summed E-state index contributed by atoms with van der Waals surface area (Å²) in [7, 11) is 0. The topological polar surface area (TPSA) is 25.8 Å². The lowest BCUT2D eigenvalue weighted by Gasteiger charge is -2.11. The first kappa shape index (κ1) is 14.3. The summed E-state index contributed by atoms with van der Waals surface area (Å²) < 4.78 is 38.2. The first-order chi connectivity index (χ1) is 8.86. The minimum atomic E-state index is -4.29. The van der Waals surface area contributed by atoms with E-state index in [4.69, 9.17) is 0 Å². The number of aryl methyl sites for hydroxylation is 1. The maximum Gasteiger partial charge on any atom is 0.416 e. The molecule has 0 radical (unpaired) electrons. The van der Waals surface area contributed by atoms with Crippen LogP contribution in [0.2, 0.25) is 0 Å². The molecule has 2 rings (SSSR count). The van der Waals surface area contributed by atoms with Crippen molar-refractivity contribution in [2.45, 2.75) is 29.6 Å². The van der Waals surface area contributed by atoms with Crippen LogP contribution in [0.15, 0.2) is 28.6 Å². The molecule has 0 bridgehead atoms. The van der Waals surface area contributed by atoms with Crippen LogP contribution in [0.1, 0.15) is 28.3 Å². The second-order valence-corrected chi connectivity index (χ2v) is 6.74. The van der Waals surface area contributed by atoms with E-state index in [1.54, 1.807) is 0 Å². The first-order valence-corrected chi connectivity index (χ1v) is 7.20. The number of rotatable bonds is 3. The zero-order valence-electron chi connectivity index (χ0n) is 10.2. The zero-order chi connectivity index (χ0) is 14.0. The van der Waals surface area contributed by atoms with Crippen molar-refractivity contribution in [2.75, 3.05) is 0 Å². The Hall–Kier alpha value is -1.08. The summed E-state index contributed by atoms with van der Waals surface area (Å²) in [5.41, 5.74) is 0.214. The van der Waals surface area contributed by atoms with Crippen LogP contribution in [0.25, 0.3) is 0 Å². The summed E-state index contributed by atoms with van der Waals surface area (Å²) in [6.45, 7) is 3.80. The molecule has 1 aromatic heterocycles. The van der Waals surface area contributed by atoms with E-state index in [0.717, 1.165) is 27.0 Å². The second kappa shape index (κ2) is 5.50. The molecule has 0 aliphatic carbocycles. The van der Waals surface area contributed by atoms with Crippen molar-refractivity contribution < 1.29 is 13.2 Å². The number of aromatic nitrogens is 2. The number of benzene rings is 1. The quantitative estimate of drug-likeness (QED) is 0.767. The molecular formula is C12H11F3N2S2. The minimum Gasteiger partial charge on any atom is -0.166 e. The van der Waals surface area contributed by atoms with Gasteiger partial charge in [0.05, 0.1) is 5.56 Å². The summed E-state index contributed by atoms with van der Waals surface area (Å²) in [4.78, 5) is 0. The molecule has 1 unspecified atom stereocenters. The average Bonchev–Trinajstić information content (AvgIpc) is 2.74. The van der Waals surface area contributed by atoms with Gasteiger partial charge >= 0.3 is 6.18 Å². The molecular weight excluding hydrogens is 293 g/mol. The number of alkyl halides is 3. The predicted molar refractivity (Wildman–Crippen MR) is 70.4 cm³/mol. The molecule has 2 nitrogen and oxygen atoms in total. The van der Waals surface area contributed by atoms with Gasteiger partial charge in [-0.25, -0.2) is 0 Å². The standard InChI is InChI=1S/C12H11F3N2S2/c1-7(18-11-17-16-8(2)19-11)9-3-5-10(6-4-9)12(13,14)15/h3-7H,1-2H3. The zero-order valence-corrected chi connectivity index (χ0v) is 11.9. The smallest absolute Gasteiger partial charge is 0.166 e. The lowest BCUT2D eigenvalue weighted by molar-refractivity contribution is -0.137. The third-order valence-corrected chi connectivity index (χ3v) is 4.57. The van der Waals surface area contributed by atoms with Crippen molar-refractivity contribution >= 4 is 23.1 Å². The Morgan fingerprint density at radius 2 is 1.79 bits per heavy atom. The lowest BCUT2D eigenvalue weighted by Crippen LogP contribution is -2.04. The van der Waals surface area contributed by atoms with Gasteiger partial charge in [-0.15, -0.1) is 10.2 Å². The Morgan fingerprint density at radius 3 is 2.26 bits per heavy atom. The summed E-state index contributed by atoms with van der Waals surface area (Å²) in [5, 5.41) is 8.81. The fraction of sp³-hybridized carbons (Fsp3) is 0.333. The Labute approximate surface area is 117 Å². The van der Waals surface area contributed by atoms with Crippen molar-refractivity contribution in [3.05, 3.63) is 40.4 Å². The summed E-state index contributed by atoms with van der Waals surface area (Å²) in [6, 6.07) is 5.23. The maximum absolute atomic E-state index is 12.4. The van der Waals surface area contributed by atoms with Gasteiger partial charge in [0.15, 0.2) is 4.34 Å². The van der Waals surface area contributed by atoms with Crippen LogP contribution >= 0.6 is 23.1 Å². The van der Waals surface area contributed by atoms with Crippen LogP contribution in [-0.2, 0) is 6.18 Å². The number of hydrogen-bond donors (Lipinski definition) is 0. The van der Waals surface area contributed by atoms with E-state index in [9.17, 15) is 13.2 Å². The highest BCUT2D eigenvalue weighted by atomic mass is 32.2. The molecule has 0 N–H and O–H groups in total. The largest absolute Gasteiger partial charge is 0.416 e. The van der Waals surface area contributed by atoms with Gasteiger partial charge in [-0.1, -0.05) is 35.2 Å². The van der Waals surface area contributed by atoms with Gasteiger partial charge in [0, 0.05) is 5.25 Å². The van der Waals surface area contributed by atoms with Gasteiger partial charge in [0.2, 0.25) is 0 Å². The van der Waals surface area contributed by atoms with E-state index in [-0.39, 0.29) is 5.25 Å². The van der Waals surface area contributed by atoms with Crippen LogP contribution in [0, 0.1) is 6.92 Å². The lowest BCUT2D eigenvalue weighted by atomic mass is 10.1. The molecule has 0 saturated heterocycles. The SMILES string of the molecule is Cc1nnc(SC(C)c2ccc(C(F)(F)F)cc2)s1. The Bertz CT molecular complexity index is 549. The highest BCUT2D eigenvalue weighted by molar-refractivity contribution is 8.01. The first-order valence-electron chi connectivity index (χ1n) is 5.50. The van der Waals surface area contributed by atoms with Gasteiger partial charge in [-0.3, -0.25) is 0 Å². The molecule has 0 aliphatic heterocycles. The summed E-state index contributed by atoms with van der Waals surface area (Å²) in [6.07, 6.45) is -4.29. The summed E-state index contributed by atoms with van der Waals surface area (Å²) in [5.74, 6) is 0. The minimum absolute atomic E-state index is 0.0367. The van der Waals surface area contributed by atoms with Crippen molar-refractivity contribution in [1.82, 2.24) is 10.2 Å². The normalized spacial score (nSPS) is 13.5. The van der Waals surface area contributed by atoms with Gasteiger partial charge < -0.3 is 0 Å². The Kier molecular flexibility index (Phi) is 4.15. The molecule has 7 heteroatoms. The fourth-order valence-corrected chi connectivity index (χ4v) is 3.58. The van der Waals surface area contributed by atoms with Gasteiger partial charge in [0.1, 0.15) is 5.01 Å². The van der Waals surface area contributed by atoms with Gasteiger partial charge in [-0.05, 0) is 31.5 Å². The average molecular weight is 304 g/mol. The van der Waals surface area contributed by atoms with E-state index in [0.29, 0.717) is 0 Å². The fourth-order valence-electron chi connectivity index (χ4n) is 1.49. The molecule has 1 atom stereocenters. The highest BCUT2D eigenvalue weighted by Crippen LogP contribution is 2.37. The Morgan fingerprint density at radius 1 is 1.16 bits per heavy atom. The molecule has 1 heterocycles. The number of hydrogen-bond acceptors (Lipinski definition) is 4.